The third-order valence-electron chi connectivity index (χ3n) is 22.8. The molecule has 17 rings (SSSR count). The Bertz CT molecular complexity index is 5150. The SMILES string of the molecule is C[C@@H](c1ccccc1)c1cc2c(cc1[C@@H](C)c1ccccc1)-c1nc-2nc2[nH]c(nc3nc(nc4[nH]c(n1)c1cc([C@@H](C)c5ccccc5)c([C@@H](C)c5ccccc5)cc41)-c1cc([C@@H](C)c4ccccc4)c([C@@H](C)c4ccccc4)cc1-3)c1cc([C@@H](C)c3ccccc3)c([C@@H](C)c3ccccc3)cc21. The highest BCUT2D eigenvalue weighted by Gasteiger charge is 2.32. The molecule has 0 aliphatic carbocycles. The zero-order chi connectivity index (χ0) is 70.7. The minimum atomic E-state index is 0.00899. The maximum absolute atomic E-state index is 5.89. The van der Waals surface area contributed by atoms with E-state index >= 15 is 0 Å². The summed E-state index contributed by atoms with van der Waals surface area (Å²) >= 11 is 0. The van der Waals surface area contributed by atoms with Crippen molar-refractivity contribution in [2.75, 3.05) is 0 Å². The largest absolute Gasteiger partial charge is 0.324 e. The van der Waals surface area contributed by atoms with Crippen molar-refractivity contribution in [3.05, 3.63) is 380 Å². The highest BCUT2D eigenvalue weighted by Crippen LogP contribution is 2.48. The van der Waals surface area contributed by atoms with Crippen LogP contribution >= 0.6 is 0 Å². The second-order valence-corrected chi connectivity index (χ2v) is 28.8. The van der Waals surface area contributed by atoms with Gasteiger partial charge in [0.25, 0.3) is 0 Å². The van der Waals surface area contributed by atoms with E-state index in [1.54, 1.807) is 0 Å². The van der Waals surface area contributed by atoms with Gasteiger partial charge in [-0.1, -0.05) is 298 Å². The monoisotopic (exact) mass is 1350 g/mol. The fourth-order valence-corrected chi connectivity index (χ4v) is 16.5. The van der Waals surface area contributed by atoms with Crippen molar-refractivity contribution >= 4 is 44.1 Å². The van der Waals surface area contributed by atoms with E-state index in [9.17, 15) is 0 Å². The van der Waals surface area contributed by atoms with Crippen LogP contribution in [0.4, 0.5) is 0 Å². The first-order chi connectivity index (χ1) is 50.9. The molecule has 12 aromatic carbocycles. The Kier molecular flexibility index (Phi) is 17.2. The Labute approximate surface area is 608 Å². The van der Waals surface area contributed by atoms with E-state index in [-0.39, 0.29) is 47.3 Å². The van der Waals surface area contributed by atoms with E-state index in [4.69, 9.17) is 29.9 Å². The van der Waals surface area contributed by atoms with Gasteiger partial charge in [0.15, 0.2) is 23.3 Å². The van der Waals surface area contributed by atoms with Gasteiger partial charge in [-0.15, -0.1) is 0 Å². The van der Waals surface area contributed by atoms with Crippen LogP contribution in [0.1, 0.15) is 192 Å². The van der Waals surface area contributed by atoms with Crippen molar-refractivity contribution in [1.82, 2.24) is 39.9 Å². The summed E-state index contributed by atoms with van der Waals surface area (Å²) in [4.78, 5) is 42.9. The van der Waals surface area contributed by atoms with Crippen LogP contribution in [0.3, 0.4) is 0 Å². The maximum atomic E-state index is 5.89. The van der Waals surface area contributed by atoms with Crippen molar-refractivity contribution in [3.8, 4) is 45.6 Å². The van der Waals surface area contributed by atoms with Crippen LogP contribution in [0, 0.1) is 0 Å². The molecule has 5 heterocycles. The topological polar surface area (TPSA) is 109 Å². The molecular formula is C96H82N8. The molecule has 0 unspecified atom stereocenters. The Morgan fingerprint density at radius 2 is 0.327 bits per heavy atom. The number of hydrogen-bond acceptors (Lipinski definition) is 6. The van der Waals surface area contributed by atoms with Gasteiger partial charge < -0.3 is 9.97 Å². The average molecular weight is 1350 g/mol. The number of rotatable bonds is 16. The Morgan fingerprint density at radius 3 is 0.481 bits per heavy atom. The fourth-order valence-electron chi connectivity index (χ4n) is 16.5. The molecular weight excluding hydrogens is 1270 g/mol. The smallest absolute Gasteiger partial charge is 0.164 e. The molecule has 15 aromatic rings. The second-order valence-electron chi connectivity index (χ2n) is 28.8. The van der Waals surface area contributed by atoms with E-state index in [1.165, 1.54) is 89.0 Å². The zero-order valence-corrected chi connectivity index (χ0v) is 60.0. The van der Waals surface area contributed by atoms with Crippen LogP contribution in [0.15, 0.2) is 291 Å². The van der Waals surface area contributed by atoms with Crippen LogP contribution in [-0.4, -0.2) is 39.9 Å². The van der Waals surface area contributed by atoms with Crippen molar-refractivity contribution in [2.45, 2.75) is 103 Å². The number of nitrogens with zero attached hydrogens (tertiary/aromatic N) is 6. The molecule has 0 amide bonds. The van der Waals surface area contributed by atoms with Gasteiger partial charge in [-0.3, -0.25) is 0 Å². The molecule has 8 bridgehead atoms. The predicted octanol–water partition coefficient (Wildman–Crippen LogP) is 24.1. The van der Waals surface area contributed by atoms with Crippen LogP contribution in [0.5, 0.6) is 0 Å². The van der Waals surface area contributed by atoms with Crippen molar-refractivity contribution in [1.29, 1.82) is 0 Å². The average Bonchev–Trinajstić information content (AvgIpc) is 1.60. The minimum absolute atomic E-state index is 0.00899. The number of aromatic amines is 2. The molecule has 0 saturated carbocycles. The standard InChI is InChI=1S/C96H82N8/c1-57(65-33-17-9-18-34-65)73-49-81-82(50-74(73)58(2)66-35-19-10-20-36-66)90-97-89(81)101-91-83-51-75(59(3)67-37-21-11-22-38-67)76(60(4)68-39-23-12-24-40-68)52-84(83)93(98-91)103-95-87-55-79(63(7)71-45-29-15-30-46-71)80(64(8)72-47-31-16-32-48-72)56-88(87)96(100-95)104-94-86-54-78(62(6)70-43-27-14-28-44-70)77(53-85(86)92(99-94)102-90)61(5)69-41-25-13-26-42-69/h9-64H,1-8H3,(H2,97,98,99,100,101,102,103,104)/t57-,58-,59-,60-,61-,62-,63-,64-/m0/s1. The Hall–Kier alpha value is -12.0. The number of nitrogens with one attached hydrogen (secondary N) is 2. The first-order valence-corrected chi connectivity index (χ1v) is 36.8. The quantitative estimate of drug-likeness (QED) is 0.0998. The van der Waals surface area contributed by atoms with Crippen LogP contribution < -0.4 is 0 Å². The first-order valence-electron chi connectivity index (χ1n) is 36.8. The summed E-state index contributed by atoms with van der Waals surface area (Å²) in [5.74, 6) is 2.30. The number of benzene rings is 12. The van der Waals surface area contributed by atoms with Crippen LogP contribution in [0.2, 0.25) is 0 Å². The van der Waals surface area contributed by atoms with Crippen molar-refractivity contribution in [2.24, 2.45) is 0 Å². The third-order valence-corrected chi connectivity index (χ3v) is 22.8. The molecule has 2 aliphatic heterocycles. The fraction of sp³-hybridized carbons (Fsp3) is 0.167. The Balaban J connectivity index is 1.03. The summed E-state index contributed by atoms with van der Waals surface area (Å²) in [6.45, 7) is 18.6. The Morgan fingerprint density at radius 1 is 0.183 bits per heavy atom. The van der Waals surface area contributed by atoms with E-state index in [1.807, 2.05) is 0 Å². The molecule has 3 aromatic heterocycles. The van der Waals surface area contributed by atoms with Crippen molar-refractivity contribution in [3.63, 3.8) is 0 Å². The van der Waals surface area contributed by atoms with Gasteiger partial charge in [0, 0.05) is 91.1 Å². The minimum Gasteiger partial charge on any atom is -0.324 e. The van der Waals surface area contributed by atoms with E-state index in [0.717, 1.165) is 43.8 Å². The summed E-state index contributed by atoms with van der Waals surface area (Å²) in [7, 11) is 0. The molecule has 0 fully saturated rings. The van der Waals surface area contributed by atoms with Gasteiger partial charge in [0.05, 0.1) is 0 Å². The molecule has 2 N–H and O–H groups in total. The predicted molar refractivity (Wildman–Crippen MR) is 428 cm³/mol. The molecule has 104 heavy (non-hydrogen) atoms. The van der Waals surface area contributed by atoms with Gasteiger partial charge >= 0.3 is 0 Å². The molecule has 0 saturated heterocycles. The van der Waals surface area contributed by atoms with Gasteiger partial charge in [-0.05, 0) is 138 Å². The van der Waals surface area contributed by atoms with Gasteiger partial charge in [-0.25, -0.2) is 29.9 Å². The maximum Gasteiger partial charge on any atom is 0.164 e. The molecule has 8 heteroatoms. The van der Waals surface area contributed by atoms with Gasteiger partial charge in [-0.2, -0.15) is 0 Å². The van der Waals surface area contributed by atoms with Crippen LogP contribution in [-0.2, 0) is 0 Å². The third kappa shape index (κ3) is 12.0. The number of hydrogen-bond donors (Lipinski definition) is 2. The number of H-pyrrole nitrogens is 2. The molecule has 506 valence electrons. The zero-order valence-electron chi connectivity index (χ0n) is 60.0. The second kappa shape index (κ2) is 27.4. The summed E-state index contributed by atoms with van der Waals surface area (Å²) < 4.78 is 0. The lowest BCUT2D eigenvalue weighted by Crippen LogP contribution is -2.07. The first kappa shape index (κ1) is 65.3. The van der Waals surface area contributed by atoms with Gasteiger partial charge in [0.1, 0.15) is 22.6 Å². The normalized spacial score (nSPS) is 14.2. The molecule has 2 aliphatic rings. The van der Waals surface area contributed by atoms with Crippen LogP contribution in [0.25, 0.3) is 89.7 Å². The summed E-state index contributed by atoms with van der Waals surface area (Å²) in [6, 6.07) is 106. The molecule has 0 spiro atoms. The van der Waals surface area contributed by atoms with E-state index in [0.29, 0.717) is 45.9 Å². The molecule has 8 atom stereocenters. The number of fused-ring (bicyclic) bond motifs is 20. The van der Waals surface area contributed by atoms with Gasteiger partial charge in [0.2, 0.25) is 0 Å². The summed E-state index contributed by atoms with van der Waals surface area (Å²) in [6.07, 6.45) is 0. The highest BCUT2D eigenvalue weighted by molar-refractivity contribution is 6.07. The van der Waals surface area contributed by atoms with Crippen molar-refractivity contribution < 1.29 is 0 Å². The summed E-state index contributed by atoms with van der Waals surface area (Å²) in [5.41, 5.74) is 25.6. The molecule has 0 radical (unpaired) electrons. The molecule has 8 nitrogen and oxygen atoms in total. The highest BCUT2D eigenvalue weighted by atomic mass is 15.1. The lowest BCUT2D eigenvalue weighted by atomic mass is 9.81. The van der Waals surface area contributed by atoms with E-state index in [2.05, 4.69) is 357 Å². The number of aromatic nitrogens is 8. The summed E-state index contributed by atoms with van der Waals surface area (Å²) in [5, 5.41) is 3.70. The van der Waals surface area contributed by atoms with E-state index < -0.39 is 0 Å². The lowest BCUT2D eigenvalue weighted by molar-refractivity contribution is 0.844. The lowest BCUT2D eigenvalue weighted by Gasteiger charge is -2.23.